The average Bonchev–Trinajstić information content (AvgIpc) is 3.42. The summed E-state index contributed by atoms with van der Waals surface area (Å²) in [6.45, 7) is 0.226. The maximum Gasteiger partial charge on any atom is 0.287 e. The first-order valence-electron chi connectivity index (χ1n) is 8.79. The molecule has 0 atom stereocenters. The summed E-state index contributed by atoms with van der Waals surface area (Å²) in [5.41, 5.74) is 0.819. The van der Waals surface area contributed by atoms with Gasteiger partial charge in [0, 0.05) is 5.56 Å². The van der Waals surface area contributed by atoms with Gasteiger partial charge in [-0.25, -0.2) is 0 Å². The van der Waals surface area contributed by atoms with E-state index in [4.69, 9.17) is 9.15 Å². The van der Waals surface area contributed by atoms with Gasteiger partial charge in [-0.2, -0.15) is 9.67 Å². The predicted octanol–water partition coefficient (Wildman–Crippen LogP) is 3.87. The summed E-state index contributed by atoms with van der Waals surface area (Å²) in [6.07, 6.45) is 1.59. The van der Waals surface area contributed by atoms with Crippen LogP contribution in [0, 0.1) is 0 Å². The largest absolute Gasteiger partial charge is 0.484 e. The number of aromatic nitrogens is 3. The number of para-hydroxylation sites is 1. The number of carbonyl (C=O) groups is 1. The van der Waals surface area contributed by atoms with Crippen molar-refractivity contribution in [3.63, 3.8) is 0 Å². The maximum absolute atomic E-state index is 12.7. The molecule has 1 N–H and O–H groups in total. The van der Waals surface area contributed by atoms with Gasteiger partial charge in [-0.05, 0) is 24.3 Å². The van der Waals surface area contributed by atoms with Gasteiger partial charge in [0.05, 0.1) is 12.8 Å². The van der Waals surface area contributed by atoms with Crippen molar-refractivity contribution >= 4 is 11.9 Å². The van der Waals surface area contributed by atoms with E-state index < -0.39 is 0 Å². The molecular weight excluding hydrogens is 356 g/mol. The van der Waals surface area contributed by atoms with Gasteiger partial charge >= 0.3 is 0 Å². The fourth-order valence-corrected chi connectivity index (χ4v) is 2.61. The smallest absolute Gasteiger partial charge is 0.287 e. The second-order valence-corrected chi connectivity index (χ2v) is 5.97. The number of hydrogen-bond acceptors (Lipinski definition) is 6. The number of furan rings is 1. The molecular formula is C21H18N4O3. The monoisotopic (exact) mass is 374 g/mol. The number of rotatable bonds is 7. The molecule has 0 aliphatic heterocycles. The van der Waals surface area contributed by atoms with Gasteiger partial charge in [0.25, 0.3) is 5.91 Å². The minimum absolute atomic E-state index is 0.156. The van der Waals surface area contributed by atoms with Gasteiger partial charge in [-0.1, -0.05) is 48.5 Å². The van der Waals surface area contributed by atoms with Crippen molar-refractivity contribution in [2.45, 2.75) is 6.54 Å². The summed E-state index contributed by atoms with van der Waals surface area (Å²) in [4.78, 5) is 17.2. The minimum Gasteiger partial charge on any atom is -0.484 e. The Labute approximate surface area is 161 Å². The van der Waals surface area contributed by atoms with E-state index in [0.29, 0.717) is 24.1 Å². The normalized spacial score (nSPS) is 10.6. The molecule has 2 aromatic carbocycles. The van der Waals surface area contributed by atoms with E-state index in [0.717, 1.165) is 11.3 Å². The van der Waals surface area contributed by atoms with E-state index in [9.17, 15) is 4.79 Å². The molecule has 4 rings (SSSR count). The van der Waals surface area contributed by atoms with Crippen LogP contribution in [0.25, 0.3) is 11.4 Å². The Morgan fingerprint density at radius 3 is 2.46 bits per heavy atom. The highest BCUT2D eigenvalue weighted by Crippen LogP contribution is 2.18. The number of carbonyl (C=O) groups excluding carboxylic acids is 1. The SMILES string of the molecule is O=C(COc1ccccc1)n1nc(-c2ccccc2)nc1NCc1ccco1. The summed E-state index contributed by atoms with van der Waals surface area (Å²) in [5.74, 6) is 1.79. The van der Waals surface area contributed by atoms with Crippen LogP contribution in [-0.4, -0.2) is 27.3 Å². The molecule has 2 heterocycles. The molecule has 0 aliphatic rings. The van der Waals surface area contributed by atoms with Crippen LogP contribution in [0.3, 0.4) is 0 Å². The fourth-order valence-electron chi connectivity index (χ4n) is 2.61. The van der Waals surface area contributed by atoms with Crippen molar-refractivity contribution in [1.82, 2.24) is 14.8 Å². The minimum atomic E-state index is -0.333. The Bertz CT molecular complexity index is 1030. The molecule has 2 aromatic heterocycles. The molecule has 140 valence electrons. The molecule has 0 fully saturated rings. The summed E-state index contributed by atoms with van der Waals surface area (Å²) in [5, 5.41) is 7.48. The number of benzene rings is 2. The second-order valence-electron chi connectivity index (χ2n) is 5.97. The molecule has 0 radical (unpaired) electrons. The molecule has 0 bridgehead atoms. The van der Waals surface area contributed by atoms with Crippen LogP contribution < -0.4 is 10.1 Å². The van der Waals surface area contributed by atoms with Gasteiger partial charge < -0.3 is 14.5 Å². The second kappa shape index (κ2) is 8.22. The summed E-state index contributed by atoms with van der Waals surface area (Å²) in [7, 11) is 0. The van der Waals surface area contributed by atoms with Crippen LogP contribution in [0.1, 0.15) is 10.6 Å². The van der Waals surface area contributed by atoms with Crippen molar-refractivity contribution in [3.8, 4) is 17.1 Å². The number of anilines is 1. The van der Waals surface area contributed by atoms with Crippen LogP contribution in [-0.2, 0) is 6.54 Å². The first kappa shape index (κ1) is 17.5. The quantitative estimate of drug-likeness (QED) is 0.529. The molecule has 0 saturated carbocycles. The van der Waals surface area contributed by atoms with Crippen LogP contribution >= 0.6 is 0 Å². The highest BCUT2D eigenvalue weighted by Gasteiger charge is 2.18. The summed E-state index contributed by atoms with van der Waals surface area (Å²) in [6, 6.07) is 22.3. The molecule has 4 aromatic rings. The number of nitrogens with zero attached hydrogens (tertiary/aromatic N) is 3. The third-order valence-electron chi connectivity index (χ3n) is 3.98. The molecule has 0 aliphatic carbocycles. The maximum atomic E-state index is 12.7. The van der Waals surface area contributed by atoms with Crippen molar-refractivity contribution < 1.29 is 13.9 Å². The zero-order chi connectivity index (χ0) is 19.2. The Balaban J connectivity index is 1.56. The molecule has 28 heavy (non-hydrogen) atoms. The molecule has 7 heteroatoms. The molecule has 0 amide bonds. The van der Waals surface area contributed by atoms with Crippen molar-refractivity contribution in [2.75, 3.05) is 11.9 Å². The van der Waals surface area contributed by atoms with Crippen LogP contribution in [0.4, 0.5) is 5.95 Å². The molecule has 0 unspecified atom stereocenters. The number of nitrogens with one attached hydrogen (secondary N) is 1. The topological polar surface area (TPSA) is 82.2 Å². The standard InChI is InChI=1S/C21H18N4O3/c26-19(15-28-17-10-5-2-6-11-17)25-21(22-14-18-12-7-13-27-18)23-20(24-25)16-8-3-1-4-9-16/h1-13H,14-15H2,(H,22,23,24). The first-order chi connectivity index (χ1) is 13.8. The van der Waals surface area contributed by atoms with Gasteiger partial charge in [0.2, 0.25) is 5.95 Å². The van der Waals surface area contributed by atoms with E-state index in [1.807, 2.05) is 54.6 Å². The zero-order valence-electron chi connectivity index (χ0n) is 15.0. The van der Waals surface area contributed by atoms with Gasteiger partial charge in [0.1, 0.15) is 11.5 Å². The van der Waals surface area contributed by atoms with Crippen LogP contribution in [0.5, 0.6) is 5.75 Å². The molecule has 7 nitrogen and oxygen atoms in total. The van der Waals surface area contributed by atoms with Crippen molar-refractivity contribution in [2.24, 2.45) is 0 Å². The van der Waals surface area contributed by atoms with Gasteiger partial charge in [-0.3, -0.25) is 4.79 Å². The fraction of sp³-hybridized carbons (Fsp3) is 0.0952. The van der Waals surface area contributed by atoms with E-state index >= 15 is 0 Å². The lowest BCUT2D eigenvalue weighted by atomic mass is 10.2. The van der Waals surface area contributed by atoms with Gasteiger partial charge in [-0.15, -0.1) is 5.10 Å². The number of ether oxygens (including phenoxy) is 1. The Hall–Kier alpha value is -3.87. The molecule has 0 saturated heterocycles. The molecule has 0 spiro atoms. The lowest BCUT2D eigenvalue weighted by molar-refractivity contribution is 0.0824. The lowest BCUT2D eigenvalue weighted by Gasteiger charge is -2.07. The predicted molar refractivity (Wildman–Crippen MR) is 104 cm³/mol. The average molecular weight is 374 g/mol. The van der Waals surface area contributed by atoms with E-state index in [1.165, 1.54) is 4.68 Å². The van der Waals surface area contributed by atoms with Crippen molar-refractivity contribution in [3.05, 3.63) is 84.8 Å². The third kappa shape index (κ3) is 4.09. The van der Waals surface area contributed by atoms with Crippen molar-refractivity contribution in [1.29, 1.82) is 0 Å². The highest BCUT2D eigenvalue weighted by molar-refractivity contribution is 5.82. The zero-order valence-corrected chi connectivity index (χ0v) is 15.0. The first-order valence-corrected chi connectivity index (χ1v) is 8.79. The third-order valence-corrected chi connectivity index (χ3v) is 3.98. The Kier molecular flexibility index (Phi) is 5.15. The van der Waals surface area contributed by atoms with Gasteiger partial charge in [0.15, 0.2) is 12.4 Å². The summed E-state index contributed by atoms with van der Waals surface area (Å²) >= 11 is 0. The number of hydrogen-bond donors (Lipinski definition) is 1. The lowest BCUT2D eigenvalue weighted by Crippen LogP contribution is -2.22. The van der Waals surface area contributed by atoms with Crippen LogP contribution in [0.15, 0.2) is 83.5 Å². The van der Waals surface area contributed by atoms with E-state index in [-0.39, 0.29) is 12.5 Å². The summed E-state index contributed by atoms with van der Waals surface area (Å²) < 4.78 is 12.1. The highest BCUT2D eigenvalue weighted by atomic mass is 16.5. The Morgan fingerprint density at radius 2 is 1.75 bits per heavy atom. The van der Waals surface area contributed by atoms with E-state index in [2.05, 4.69) is 15.4 Å². The van der Waals surface area contributed by atoms with Crippen LogP contribution in [0.2, 0.25) is 0 Å². The van der Waals surface area contributed by atoms with E-state index in [1.54, 1.807) is 24.5 Å². The Morgan fingerprint density at radius 1 is 1.00 bits per heavy atom.